The molecule has 0 radical (unpaired) electrons. The lowest BCUT2D eigenvalue weighted by Crippen LogP contribution is -2.28. The predicted molar refractivity (Wildman–Crippen MR) is 89.7 cm³/mol. The molecule has 0 bridgehead atoms. The van der Waals surface area contributed by atoms with Crippen molar-refractivity contribution in [1.82, 2.24) is 5.32 Å². The third kappa shape index (κ3) is 4.10. The summed E-state index contributed by atoms with van der Waals surface area (Å²) in [6, 6.07) is 11.9. The van der Waals surface area contributed by atoms with E-state index in [-0.39, 0.29) is 5.91 Å². The molecule has 0 aliphatic rings. The standard InChI is InChI=1S/C19H23NO2/c1-13-5-7-17(8-6-13)22-10-9-20-19(21)18-12-15(3)14(2)11-16(18)4/h5-8,11-12H,9-10H2,1-4H3,(H,20,21). The average molecular weight is 297 g/mol. The molecule has 1 N–H and O–H groups in total. The van der Waals surface area contributed by atoms with Crippen LogP contribution < -0.4 is 10.1 Å². The Morgan fingerprint density at radius 3 is 2.27 bits per heavy atom. The number of carbonyl (C=O) groups excluding carboxylic acids is 1. The maximum Gasteiger partial charge on any atom is 0.251 e. The number of rotatable bonds is 5. The van der Waals surface area contributed by atoms with Crippen LogP contribution in [-0.2, 0) is 0 Å². The molecule has 3 heteroatoms. The van der Waals surface area contributed by atoms with Crippen molar-refractivity contribution in [3.05, 3.63) is 64.2 Å². The molecule has 2 rings (SSSR count). The lowest BCUT2D eigenvalue weighted by atomic mass is 10.0. The Hall–Kier alpha value is -2.29. The van der Waals surface area contributed by atoms with Crippen molar-refractivity contribution in [2.75, 3.05) is 13.2 Å². The van der Waals surface area contributed by atoms with Gasteiger partial charge in [-0.2, -0.15) is 0 Å². The average Bonchev–Trinajstić information content (AvgIpc) is 2.49. The van der Waals surface area contributed by atoms with Gasteiger partial charge in [0.25, 0.3) is 5.91 Å². The van der Waals surface area contributed by atoms with Crippen LogP contribution >= 0.6 is 0 Å². The molecule has 22 heavy (non-hydrogen) atoms. The number of amides is 1. The molecule has 0 atom stereocenters. The second-order valence-electron chi connectivity index (χ2n) is 5.67. The van der Waals surface area contributed by atoms with Crippen LogP contribution in [0, 0.1) is 27.7 Å². The number of hydrogen-bond acceptors (Lipinski definition) is 2. The number of aryl methyl sites for hydroxylation is 4. The first-order valence-corrected chi connectivity index (χ1v) is 7.53. The Labute approximate surface area is 132 Å². The monoisotopic (exact) mass is 297 g/mol. The molecule has 1 amide bonds. The summed E-state index contributed by atoms with van der Waals surface area (Å²) < 4.78 is 5.61. The summed E-state index contributed by atoms with van der Waals surface area (Å²) in [4.78, 5) is 12.2. The van der Waals surface area contributed by atoms with Gasteiger partial charge in [-0.15, -0.1) is 0 Å². The Bertz CT molecular complexity index is 660. The maximum atomic E-state index is 12.2. The zero-order chi connectivity index (χ0) is 16.1. The molecule has 2 aromatic carbocycles. The van der Waals surface area contributed by atoms with Crippen LogP contribution in [0.4, 0.5) is 0 Å². The summed E-state index contributed by atoms with van der Waals surface area (Å²) in [5, 5.41) is 2.90. The maximum absolute atomic E-state index is 12.2. The minimum absolute atomic E-state index is 0.0480. The third-order valence-corrected chi connectivity index (χ3v) is 3.76. The number of nitrogens with one attached hydrogen (secondary N) is 1. The topological polar surface area (TPSA) is 38.3 Å². The van der Waals surface area contributed by atoms with Gasteiger partial charge in [-0.3, -0.25) is 4.79 Å². The third-order valence-electron chi connectivity index (χ3n) is 3.76. The lowest BCUT2D eigenvalue weighted by molar-refractivity contribution is 0.0946. The highest BCUT2D eigenvalue weighted by Gasteiger charge is 2.10. The SMILES string of the molecule is Cc1ccc(OCCNC(=O)c2cc(C)c(C)cc2C)cc1. The van der Waals surface area contributed by atoms with E-state index in [0.717, 1.165) is 22.4 Å². The molecule has 0 aliphatic heterocycles. The Morgan fingerprint density at radius 1 is 0.955 bits per heavy atom. The van der Waals surface area contributed by atoms with Gasteiger partial charge in [0.05, 0.1) is 6.54 Å². The summed E-state index contributed by atoms with van der Waals surface area (Å²) in [6.45, 7) is 9.02. The summed E-state index contributed by atoms with van der Waals surface area (Å²) >= 11 is 0. The van der Waals surface area contributed by atoms with Gasteiger partial charge in [0.1, 0.15) is 12.4 Å². The van der Waals surface area contributed by atoms with Gasteiger partial charge in [0.15, 0.2) is 0 Å². The van der Waals surface area contributed by atoms with Crippen molar-refractivity contribution < 1.29 is 9.53 Å². The first-order chi connectivity index (χ1) is 10.5. The smallest absolute Gasteiger partial charge is 0.251 e. The van der Waals surface area contributed by atoms with E-state index in [0.29, 0.717) is 13.2 Å². The zero-order valence-electron chi connectivity index (χ0n) is 13.7. The number of hydrogen-bond donors (Lipinski definition) is 1. The Balaban J connectivity index is 1.85. The van der Waals surface area contributed by atoms with E-state index in [2.05, 4.69) is 12.2 Å². The first-order valence-electron chi connectivity index (χ1n) is 7.53. The van der Waals surface area contributed by atoms with Crippen molar-refractivity contribution in [3.63, 3.8) is 0 Å². The van der Waals surface area contributed by atoms with Crippen LogP contribution in [0.5, 0.6) is 5.75 Å². The molecule has 0 fully saturated rings. The van der Waals surface area contributed by atoms with Crippen LogP contribution in [-0.4, -0.2) is 19.1 Å². The highest BCUT2D eigenvalue weighted by atomic mass is 16.5. The van der Waals surface area contributed by atoms with Crippen molar-refractivity contribution in [1.29, 1.82) is 0 Å². The van der Waals surface area contributed by atoms with E-state index >= 15 is 0 Å². The minimum Gasteiger partial charge on any atom is -0.492 e. The van der Waals surface area contributed by atoms with E-state index in [4.69, 9.17) is 4.74 Å². The molecule has 2 aromatic rings. The molecule has 0 aromatic heterocycles. The molecule has 3 nitrogen and oxygen atoms in total. The molecular weight excluding hydrogens is 274 g/mol. The largest absolute Gasteiger partial charge is 0.492 e. The quantitative estimate of drug-likeness (QED) is 0.854. The van der Waals surface area contributed by atoms with E-state index < -0.39 is 0 Å². The van der Waals surface area contributed by atoms with Crippen LogP contribution in [0.15, 0.2) is 36.4 Å². The van der Waals surface area contributed by atoms with Gasteiger partial charge in [-0.25, -0.2) is 0 Å². The number of benzene rings is 2. The fourth-order valence-electron chi connectivity index (χ4n) is 2.27. The van der Waals surface area contributed by atoms with Crippen molar-refractivity contribution in [2.24, 2.45) is 0 Å². The summed E-state index contributed by atoms with van der Waals surface area (Å²) in [5.41, 5.74) is 5.27. The van der Waals surface area contributed by atoms with Gasteiger partial charge in [-0.05, 0) is 62.6 Å². The van der Waals surface area contributed by atoms with Crippen molar-refractivity contribution >= 4 is 5.91 Å². The summed E-state index contributed by atoms with van der Waals surface area (Å²) in [5.74, 6) is 0.773. The fraction of sp³-hybridized carbons (Fsp3) is 0.316. The molecule has 0 heterocycles. The molecule has 0 saturated heterocycles. The molecule has 0 spiro atoms. The van der Waals surface area contributed by atoms with Crippen LogP contribution in [0.25, 0.3) is 0 Å². The van der Waals surface area contributed by atoms with Gasteiger partial charge in [0.2, 0.25) is 0 Å². The fourth-order valence-corrected chi connectivity index (χ4v) is 2.27. The molecule has 116 valence electrons. The van der Waals surface area contributed by atoms with Crippen LogP contribution in [0.3, 0.4) is 0 Å². The van der Waals surface area contributed by atoms with Crippen LogP contribution in [0.1, 0.15) is 32.6 Å². The lowest BCUT2D eigenvalue weighted by Gasteiger charge is -2.11. The number of carbonyl (C=O) groups is 1. The van der Waals surface area contributed by atoms with Gasteiger partial charge in [-0.1, -0.05) is 23.8 Å². The number of ether oxygens (including phenoxy) is 1. The van der Waals surface area contributed by atoms with E-state index in [9.17, 15) is 4.79 Å². The van der Waals surface area contributed by atoms with Gasteiger partial charge < -0.3 is 10.1 Å². The van der Waals surface area contributed by atoms with Gasteiger partial charge in [0, 0.05) is 5.56 Å². The van der Waals surface area contributed by atoms with E-state index in [1.54, 1.807) is 0 Å². The Kier molecular flexibility index (Phi) is 5.21. The highest BCUT2D eigenvalue weighted by molar-refractivity contribution is 5.95. The van der Waals surface area contributed by atoms with Gasteiger partial charge >= 0.3 is 0 Å². The summed E-state index contributed by atoms with van der Waals surface area (Å²) in [7, 11) is 0. The zero-order valence-corrected chi connectivity index (χ0v) is 13.7. The highest BCUT2D eigenvalue weighted by Crippen LogP contribution is 2.15. The molecular formula is C19H23NO2. The molecule has 0 unspecified atom stereocenters. The summed E-state index contributed by atoms with van der Waals surface area (Å²) in [6.07, 6.45) is 0. The molecule has 0 aliphatic carbocycles. The van der Waals surface area contributed by atoms with Crippen molar-refractivity contribution in [3.8, 4) is 5.75 Å². The predicted octanol–water partition coefficient (Wildman–Crippen LogP) is 3.73. The normalized spacial score (nSPS) is 10.4. The van der Waals surface area contributed by atoms with Crippen molar-refractivity contribution in [2.45, 2.75) is 27.7 Å². The van der Waals surface area contributed by atoms with E-state index in [1.165, 1.54) is 11.1 Å². The van der Waals surface area contributed by atoms with Crippen LogP contribution in [0.2, 0.25) is 0 Å². The van der Waals surface area contributed by atoms with E-state index in [1.807, 2.05) is 57.2 Å². The second kappa shape index (κ2) is 7.12. The second-order valence-corrected chi connectivity index (χ2v) is 5.67. The minimum atomic E-state index is -0.0480. The molecule has 0 saturated carbocycles. The Morgan fingerprint density at radius 2 is 1.59 bits per heavy atom. The first kappa shape index (κ1) is 16.1.